The normalized spacial score (nSPS) is 13.0. The van der Waals surface area contributed by atoms with Crippen LogP contribution in [0.1, 0.15) is 6.92 Å². The van der Waals surface area contributed by atoms with Gasteiger partial charge in [0.2, 0.25) is 0 Å². The maximum Gasteiger partial charge on any atom is 0.189 e. The molecule has 0 aromatic heterocycles. The quantitative estimate of drug-likeness (QED) is 0.655. The largest absolute Gasteiger partial charge is 0.485 e. The van der Waals surface area contributed by atoms with Gasteiger partial charge in [-0.1, -0.05) is 18.2 Å². The summed E-state index contributed by atoms with van der Waals surface area (Å²) in [6.07, 6.45) is -2.04. The minimum absolute atomic E-state index is 0.604. The first-order valence-corrected chi connectivity index (χ1v) is 3.78. The molecular formula is C9H12O3. The summed E-state index contributed by atoms with van der Waals surface area (Å²) < 4.78 is 5.18. The highest BCUT2D eigenvalue weighted by Crippen LogP contribution is 2.11. The Bertz CT molecular complexity index is 220. The van der Waals surface area contributed by atoms with Crippen LogP contribution in [-0.4, -0.2) is 22.6 Å². The van der Waals surface area contributed by atoms with Crippen molar-refractivity contribution in [3.05, 3.63) is 30.3 Å². The molecule has 3 heteroatoms. The molecule has 0 aliphatic carbocycles. The molecular weight excluding hydrogens is 156 g/mol. The zero-order valence-corrected chi connectivity index (χ0v) is 6.84. The van der Waals surface area contributed by atoms with Crippen LogP contribution >= 0.6 is 0 Å². The number of hydrogen-bond donors (Lipinski definition) is 2. The van der Waals surface area contributed by atoms with Crippen molar-refractivity contribution in [1.29, 1.82) is 0 Å². The van der Waals surface area contributed by atoms with Crippen LogP contribution in [0.2, 0.25) is 0 Å². The van der Waals surface area contributed by atoms with Crippen molar-refractivity contribution < 1.29 is 14.9 Å². The first-order chi connectivity index (χ1) is 5.70. The van der Waals surface area contributed by atoms with Crippen LogP contribution in [0.3, 0.4) is 0 Å². The predicted octanol–water partition coefficient (Wildman–Crippen LogP) is 0.765. The van der Waals surface area contributed by atoms with Crippen molar-refractivity contribution in [3.8, 4) is 5.75 Å². The number of ether oxygens (including phenoxy) is 1. The lowest BCUT2D eigenvalue weighted by molar-refractivity contribution is -0.105. The predicted molar refractivity (Wildman–Crippen MR) is 44.8 cm³/mol. The van der Waals surface area contributed by atoms with Gasteiger partial charge < -0.3 is 14.9 Å². The van der Waals surface area contributed by atoms with Crippen molar-refractivity contribution in [3.63, 3.8) is 0 Å². The number of aliphatic hydroxyl groups excluding tert-OH is 1. The Balaban J connectivity index is 2.53. The Hall–Kier alpha value is -1.06. The van der Waals surface area contributed by atoms with E-state index in [2.05, 4.69) is 0 Å². The van der Waals surface area contributed by atoms with E-state index in [0.29, 0.717) is 5.75 Å². The van der Waals surface area contributed by atoms with Gasteiger partial charge in [-0.05, 0) is 19.1 Å². The topological polar surface area (TPSA) is 49.7 Å². The Morgan fingerprint density at radius 2 is 1.75 bits per heavy atom. The van der Waals surface area contributed by atoms with Crippen LogP contribution in [0.25, 0.3) is 0 Å². The van der Waals surface area contributed by atoms with Gasteiger partial charge in [0.25, 0.3) is 0 Å². The van der Waals surface area contributed by atoms with Gasteiger partial charge in [-0.2, -0.15) is 0 Å². The summed E-state index contributed by atoms with van der Waals surface area (Å²) in [6.45, 7) is 1.59. The number of aliphatic hydroxyl groups is 2. The van der Waals surface area contributed by atoms with Gasteiger partial charge in [-0.15, -0.1) is 0 Å². The third-order valence-corrected chi connectivity index (χ3v) is 1.49. The SMILES string of the molecule is CC(Oc1ccccc1)C(O)O. The molecule has 1 unspecified atom stereocenters. The molecule has 0 amide bonds. The fraction of sp³-hybridized carbons (Fsp3) is 0.333. The molecule has 3 nitrogen and oxygen atoms in total. The summed E-state index contributed by atoms with van der Waals surface area (Å²) in [7, 11) is 0. The zero-order valence-electron chi connectivity index (χ0n) is 6.84. The second-order valence-electron chi connectivity index (χ2n) is 2.55. The lowest BCUT2D eigenvalue weighted by Gasteiger charge is -2.15. The van der Waals surface area contributed by atoms with E-state index in [0.717, 1.165) is 0 Å². The summed E-state index contributed by atoms with van der Waals surface area (Å²) in [5, 5.41) is 17.4. The highest BCUT2D eigenvalue weighted by Gasteiger charge is 2.10. The Kier molecular flexibility index (Phi) is 3.08. The molecule has 1 aromatic rings. The van der Waals surface area contributed by atoms with Crippen LogP contribution in [0.15, 0.2) is 30.3 Å². The first kappa shape index (κ1) is 9.03. The molecule has 0 spiro atoms. The highest BCUT2D eigenvalue weighted by molar-refractivity contribution is 5.21. The molecule has 12 heavy (non-hydrogen) atoms. The van der Waals surface area contributed by atoms with Gasteiger partial charge in [0.1, 0.15) is 11.9 Å². The van der Waals surface area contributed by atoms with E-state index in [1.807, 2.05) is 18.2 Å². The molecule has 0 saturated heterocycles. The smallest absolute Gasteiger partial charge is 0.189 e. The lowest BCUT2D eigenvalue weighted by atomic mass is 10.3. The van der Waals surface area contributed by atoms with Crippen molar-refractivity contribution in [2.75, 3.05) is 0 Å². The van der Waals surface area contributed by atoms with E-state index < -0.39 is 12.4 Å². The standard InChI is InChI=1S/C9H12O3/c1-7(9(10)11)12-8-5-3-2-4-6-8/h2-7,9-11H,1H3. The molecule has 1 atom stereocenters. The fourth-order valence-corrected chi connectivity index (χ4v) is 0.775. The Morgan fingerprint density at radius 1 is 1.17 bits per heavy atom. The van der Waals surface area contributed by atoms with Crippen LogP contribution in [-0.2, 0) is 0 Å². The van der Waals surface area contributed by atoms with E-state index in [-0.39, 0.29) is 0 Å². The average Bonchev–Trinajstić information content (AvgIpc) is 2.06. The number of para-hydroxylation sites is 1. The molecule has 66 valence electrons. The monoisotopic (exact) mass is 168 g/mol. The Morgan fingerprint density at radius 3 is 2.25 bits per heavy atom. The van der Waals surface area contributed by atoms with Gasteiger partial charge in [-0.3, -0.25) is 0 Å². The highest BCUT2D eigenvalue weighted by atomic mass is 16.6. The minimum atomic E-state index is -1.44. The molecule has 2 N–H and O–H groups in total. The fourth-order valence-electron chi connectivity index (χ4n) is 0.775. The van der Waals surface area contributed by atoms with Crippen LogP contribution in [0.4, 0.5) is 0 Å². The Labute approximate surface area is 71.2 Å². The van der Waals surface area contributed by atoms with Crippen LogP contribution in [0, 0.1) is 0 Å². The zero-order chi connectivity index (χ0) is 8.97. The van der Waals surface area contributed by atoms with Crippen molar-refractivity contribution in [2.24, 2.45) is 0 Å². The van der Waals surface area contributed by atoms with Gasteiger partial charge >= 0.3 is 0 Å². The van der Waals surface area contributed by atoms with Gasteiger partial charge in [-0.25, -0.2) is 0 Å². The second kappa shape index (κ2) is 4.09. The van der Waals surface area contributed by atoms with Gasteiger partial charge in [0.05, 0.1) is 0 Å². The van der Waals surface area contributed by atoms with Crippen LogP contribution in [0.5, 0.6) is 5.75 Å². The molecule has 0 aliphatic heterocycles. The summed E-state index contributed by atoms with van der Waals surface area (Å²) in [5.74, 6) is 0.637. The van der Waals surface area contributed by atoms with E-state index in [1.54, 1.807) is 19.1 Å². The van der Waals surface area contributed by atoms with Crippen molar-refractivity contribution >= 4 is 0 Å². The van der Waals surface area contributed by atoms with Crippen LogP contribution < -0.4 is 4.74 Å². The molecule has 1 aromatic carbocycles. The third-order valence-electron chi connectivity index (χ3n) is 1.49. The summed E-state index contributed by atoms with van der Waals surface area (Å²) >= 11 is 0. The lowest BCUT2D eigenvalue weighted by Crippen LogP contribution is -2.27. The molecule has 0 radical (unpaired) electrons. The number of rotatable bonds is 3. The molecule has 0 aliphatic rings. The summed E-state index contributed by atoms with van der Waals surface area (Å²) in [4.78, 5) is 0. The van der Waals surface area contributed by atoms with Gasteiger partial charge in [0.15, 0.2) is 6.29 Å². The number of hydrogen-bond acceptors (Lipinski definition) is 3. The first-order valence-electron chi connectivity index (χ1n) is 3.78. The maximum absolute atomic E-state index is 8.71. The summed E-state index contributed by atoms with van der Waals surface area (Å²) in [6, 6.07) is 9.04. The van der Waals surface area contributed by atoms with E-state index in [1.165, 1.54) is 0 Å². The summed E-state index contributed by atoms with van der Waals surface area (Å²) in [5.41, 5.74) is 0. The van der Waals surface area contributed by atoms with Gasteiger partial charge in [0, 0.05) is 0 Å². The maximum atomic E-state index is 8.71. The van der Waals surface area contributed by atoms with E-state index in [4.69, 9.17) is 14.9 Å². The van der Waals surface area contributed by atoms with E-state index >= 15 is 0 Å². The van der Waals surface area contributed by atoms with Crippen molar-refractivity contribution in [2.45, 2.75) is 19.3 Å². The van der Waals surface area contributed by atoms with E-state index in [9.17, 15) is 0 Å². The molecule has 0 bridgehead atoms. The van der Waals surface area contributed by atoms with Crippen molar-refractivity contribution in [1.82, 2.24) is 0 Å². The number of benzene rings is 1. The molecule has 0 saturated carbocycles. The third kappa shape index (κ3) is 2.53. The minimum Gasteiger partial charge on any atom is -0.485 e. The molecule has 1 rings (SSSR count). The average molecular weight is 168 g/mol. The molecule has 0 fully saturated rings. The molecule has 0 heterocycles. The second-order valence-corrected chi connectivity index (χ2v) is 2.55.